The van der Waals surface area contributed by atoms with Crippen molar-refractivity contribution in [3.63, 3.8) is 0 Å². The zero-order valence-electron chi connectivity index (χ0n) is 8.44. The molecule has 0 bridgehead atoms. The van der Waals surface area contributed by atoms with Crippen LogP contribution in [0.5, 0.6) is 0 Å². The van der Waals surface area contributed by atoms with E-state index in [2.05, 4.69) is 20.9 Å². The molecule has 0 spiro atoms. The molecule has 0 amide bonds. The molecule has 5 nitrogen and oxygen atoms in total. The summed E-state index contributed by atoms with van der Waals surface area (Å²) in [6.45, 7) is 2.86. The minimum absolute atomic E-state index is 0.00919. The van der Waals surface area contributed by atoms with Crippen LogP contribution >= 0.6 is 15.9 Å². The lowest BCUT2D eigenvalue weighted by Gasteiger charge is -2.06. The second-order valence-electron chi connectivity index (χ2n) is 2.98. The van der Waals surface area contributed by atoms with Gasteiger partial charge in [-0.05, 0) is 22.9 Å². The average Bonchev–Trinajstić information content (AvgIpc) is 2.24. The van der Waals surface area contributed by atoms with Crippen molar-refractivity contribution in [2.75, 3.05) is 19.8 Å². The van der Waals surface area contributed by atoms with Crippen LogP contribution in [0.1, 0.15) is 5.69 Å². The van der Waals surface area contributed by atoms with Crippen molar-refractivity contribution >= 4 is 15.9 Å². The van der Waals surface area contributed by atoms with Gasteiger partial charge in [-0.15, -0.1) is 0 Å². The Hall–Kier alpha value is -0.720. The Morgan fingerprint density at radius 2 is 2.33 bits per heavy atom. The van der Waals surface area contributed by atoms with Gasteiger partial charge in [0.1, 0.15) is 4.47 Å². The van der Waals surface area contributed by atoms with Crippen molar-refractivity contribution in [3.8, 4) is 0 Å². The first-order valence-electron chi connectivity index (χ1n) is 4.57. The van der Waals surface area contributed by atoms with E-state index in [0.717, 1.165) is 0 Å². The summed E-state index contributed by atoms with van der Waals surface area (Å²) in [6, 6.07) is 0. The van der Waals surface area contributed by atoms with E-state index >= 15 is 0 Å². The Labute approximate surface area is 95.8 Å². The van der Waals surface area contributed by atoms with Crippen LogP contribution in [0.3, 0.4) is 0 Å². The summed E-state index contributed by atoms with van der Waals surface area (Å²) in [6.07, 6.45) is 1.49. The Morgan fingerprint density at radius 3 is 3.00 bits per heavy atom. The maximum atomic E-state index is 11.6. The summed E-state index contributed by atoms with van der Waals surface area (Å²) < 4.78 is 7.00. The minimum atomic E-state index is -0.116. The van der Waals surface area contributed by atoms with Gasteiger partial charge < -0.3 is 9.84 Å². The molecular weight excluding hydrogens is 264 g/mol. The first kappa shape index (κ1) is 12.4. The predicted octanol–water partition coefficient (Wildman–Crippen LogP) is 0.323. The summed E-state index contributed by atoms with van der Waals surface area (Å²) >= 11 is 3.18. The van der Waals surface area contributed by atoms with E-state index < -0.39 is 0 Å². The topological polar surface area (TPSA) is 64.3 Å². The van der Waals surface area contributed by atoms with Crippen LogP contribution in [-0.2, 0) is 11.3 Å². The molecule has 0 atom stereocenters. The van der Waals surface area contributed by atoms with Crippen molar-refractivity contribution < 1.29 is 9.84 Å². The van der Waals surface area contributed by atoms with E-state index in [1.165, 1.54) is 10.9 Å². The van der Waals surface area contributed by atoms with Crippen molar-refractivity contribution in [2.45, 2.75) is 13.5 Å². The highest BCUT2D eigenvalue weighted by molar-refractivity contribution is 9.10. The molecule has 0 aliphatic rings. The highest BCUT2D eigenvalue weighted by Gasteiger charge is 2.04. The monoisotopic (exact) mass is 276 g/mol. The van der Waals surface area contributed by atoms with Gasteiger partial charge in [0.25, 0.3) is 5.56 Å². The molecule has 1 rings (SSSR count). The Kier molecular flexibility index (Phi) is 4.93. The van der Waals surface area contributed by atoms with Crippen LogP contribution in [0.15, 0.2) is 15.6 Å². The first-order chi connectivity index (χ1) is 7.16. The van der Waals surface area contributed by atoms with Gasteiger partial charge in [0.2, 0.25) is 0 Å². The standard InChI is InChI=1S/C9H13BrN2O3/c1-7-8(10)9(14)12(6-11-7)2-4-15-5-3-13/h6,13H,2-5H2,1H3. The minimum Gasteiger partial charge on any atom is -0.394 e. The Bertz CT molecular complexity index is 378. The van der Waals surface area contributed by atoms with Crippen molar-refractivity contribution in [2.24, 2.45) is 0 Å². The zero-order chi connectivity index (χ0) is 11.3. The lowest BCUT2D eigenvalue weighted by Crippen LogP contribution is -2.24. The molecule has 0 unspecified atom stereocenters. The molecule has 0 fully saturated rings. The number of nitrogens with zero attached hydrogens (tertiary/aromatic N) is 2. The molecule has 84 valence electrons. The average molecular weight is 277 g/mol. The smallest absolute Gasteiger partial charge is 0.267 e. The number of aliphatic hydroxyl groups is 1. The van der Waals surface area contributed by atoms with E-state index in [9.17, 15) is 4.79 Å². The normalized spacial score (nSPS) is 10.6. The van der Waals surface area contributed by atoms with Crippen LogP contribution in [0.25, 0.3) is 0 Å². The van der Waals surface area contributed by atoms with E-state index in [1.54, 1.807) is 6.92 Å². The number of rotatable bonds is 5. The van der Waals surface area contributed by atoms with Crippen molar-refractivity contribution in [3.05, 3.63) is 26.8 Å². The molecule has 0 aliphatic carbocycles. The summed E-state index contributed by atoms with van der Waals surface area (Å²) in [5.74, 6) is 0. The number of ether oxygens (including phenoxy) is 1. The molecule has 1 N–H and O–H groups in total. The first-order valence-corrected chi connectivity index (χ1v) is 5.36. The number of aliphatic hydroxyl groups excluding tert-OH is 1. The van der Waals surface area contributed by atoms with E-state index in [1.807, 2.05) is 0 Å². The molecule has 1 heterocycles. The van der Waals surface area contributed by atoms with Gasteiger partial charge in [0, 0.05) is 0 Å². The number of hydrogen-bond acceptors (Lipinski definition) is 4. The van der Waals surface area contributed by atoms with Crippen molar-refractivity contribution in [1.29, 1.82) is 0 Å². The lowest BCUT2D eigenvalue weighted by molar-refractivity contribution is 0.0863. The van der Waals surface area contributed by atoms with E-state index in [4.69, 9.17) is 9.84 Å². The van der Waals surface area contributed by atoms with Crippen LogP contribution in [0, 0.1) is 6.92 Å². The summed E-state index contributed by atoms with van der Waals surface area (Å²) in [5, 5.41) is 8.49. The SMILES string of the molecule is Cc1ncn(CCOCCO)c(=O)c1Br. The summed E-state index contributed by atoms with van der Waals surface area (Å²) in [4.78, 5) is 15.7. The Morgan fingerprint density at radius 1 is 1.60 bits per heavy atom. The van der Waals surface area contributed by atoms with Gasteiger partial charge in [-0.25, -0.2) is 4.98 Å². The maximum absolute atomic E-state index is 11.6. The fraction of sp³-hybridized carbons (Fsp3) is 0.556. The fourth-order valence-corrected chi connectivity index (χ4v) is 1.37. The van der Waals surface area contributed by atoms with Gasteiger partial charge in [-0.3, -0.25) is 9.36 Å². The van der Waals surface area contributed by atoms with Crippen LogP contribution in [-0.4, -0.2) is 34.5 Å². The predicted molar refractivity (Wildman–Crippen MR) is 58.8 cm³/mol. The molecule has 1 aromatic rings. The van der Waals surface area contributed by atoms with E-state index in [0.29, 0.717) is 23.3 Å². The summed E-state index contributed by atoms with van der Waals surface area (Å²) in [7, 11) is 0. The Balaban J connectivity index is 2.63. The third kappa shape index (κ3) is 3.40. The van der Waals surface area contributed by atoms with E-state index in [-0.39, 0.29) is 18.8 Å². The lowest BCUT2D eigenvalue weighted by atomic mass is 10.4. The highest BCUT2D eigenvalue weighted by Crippen LogP contribution is 2.05. The highest BCUT2D eigenvalue weighted by atomic mass is 79.9. The molecule has 0 aromatic carbocycles. The largest absolute Gasteiger partial charge is 0.394 e. The zero-order valence-corrected chi connectivity index (χ0v) is 10.0. The number of aromatic nitrogens is 2. The van der Waals surface area contributed by atoms with Gasteiger partial charge in [-0.1, -0.05) is 0 Å². The molecule has 6 heteroatoms. The third-order valence-electron chi connectivity index (χ3n) is 1.87. The molecular formula is C9H13BrN2O3. The number of halogens is 1. The number of hydrogen-bond donors (Lipinski definition) is 1. The van der Waals surface area contributed by atoms with Crippen molar-refractivity contribution in [1.82, 2.24) is 9.55 Å². The molecule has 0 saturated carbocycles. The second kappa shape index (κ2) is 5.99. The molecule has 0 aliphatic heterocycles. The van der Waals surface area contributed by atoms with Gasteiger partial charge in [0.05, 0.1) is 38.4 Å². The molecule has 0 radical (unpaired) electrons. The van der Waals surface area contributed by atoms with Crippen LogP contribution in [0.4, 0.5) is 0 Å². The quantitative estimate of drug-likeness (QED) is 0.787. The maximum Gasteiger partial charge on any atom is 0.267 e. The van der Waals surface area contributed by atoms with Gasteiger partial charge in [-0.2, -0.15) is 0 Å². The van der Waals surface area contributed by atoms with Crippen LogP contribution in [0.2, 0.25) is 0 Å². The van der Waals surface area contributed by atoms with Gasteiger partial charge >= 0.3 is 0 Å². The third-order valence-corrected chi connectivity index (χ3v) is 2.78. The second-order valence-corrected chi connectivity index (χ2v) is 3.77. The summed E-state index contributed by atoms with van der Waals surface area (Å²) in [5.41, 5.74) is 0.558. The number of aryl methyl sites for hydroxylation is 1. The van der Waals surface area contributed by atoms with Crippen LogP contribution < -0.4 is 5.56 Å². The molecule has 15 heavy (non-hydrogen) atoms. The fourth-order valence-electron chi connectivity index (χ4n) is 1.04. The molecule has 1 aromatic heterocycles. The van der Waals surface area contributed by atoms with Gasteiger partial charge in [0.15, 0.2) is 0 Å². The molecule has 0 saturated heterocycles.